The van der Waals surface area contributed by atoms with Gasteiger partial charge in [-0.3, -0.25) is 0 Å². The molecule has 0 heterocycles. The van der Waals surface area contributed by atoms with Crippen molar-refractivity contribution >= 4 is 10.0 Å². The van der Waals surface area contributed by atoms with Crippen LogP contribution in [0.4, 0.5) is 0 Å². The molecule has 1 fully saturated rings. The first-order valence-corrected chi connectivity index (χ1v) is 6.75. The third kappa shape index (κ3) is 2.58. The molecule has 1 saturated carbocycles. The Kier molecular flexibility index (Phi) is 3.07. The summed E-state index contributed by atoms with van der Waals surface area (Å²) in [5.41, 5.74) is 1.00. The highest BCUT2D eigenvalue weighted by molar-refractivity contribution is 7.90. The second kappa shape index (κ2) is 4.33. The highest BCUT2D eigenvalue weighted by atomic mass is 32.2. The maximum absolute atomic E-state index is 11.7. The molecule has 0 unspecified atom stereocenters. The van der Waals surface area contributed by atoms with Gasteiger partial charge in [0.1, 0.15) is 0 Å². The van der Waals surface area contributed by atoms with Crippen LogP contribution in [0.5, 0.6) is 0 Å². The van der Waals surface area contributed by atoms with Crippen LogP contribution in [0.2, 0.25) is 0 Å². The minimum Gasteiger partial charge on any atom is -0.212 e. The highest BCUT2D eigenvalue weighted by Crippen LogP contribution is 2.25. The Hall–Kier alpha value is -0.870. The van der Waals surface area contributed by atoms with Crippen LogP contribution in [0.25, 0.3) is 0 Å². The van der Waals surface area contributed by atoms with Gasteiger partial charge < -0.3 is 0 Å². The number of hydrogen-bond donors (Lipinski definition) is 1. The Morgan fingerprint density at radius 2 is 1.87 bits per heavy atom. The molecule has 2 rings (SSSR count). The normalized spacial score (nSPS) is 17.3. The first-order chi connectivity index (χ1) is 7.18. The highest BCUT2D eigenvalue weighted by Gasteiger charge is 2.30. The van der Waals surface area contributed by atoms with E-state index in [0.29, 0.717) is 6.54 Å². The summed E-state index contributed by atoms with van der Waals surface area (Å²) in [5, 5.41) is -0.152. The standard InChI is InChI=1S/C11H15NO2S/c13-15(14,11-7-4-8-11)12-9-10-5-2-1-3-6-10/h1-3,5-6,11-12H,4,7-9H2. The molecule has 0 saturated heterocycles. The molecule has 0 aliphatic heterocycles. The molecule has 15 heavy (non-hydrogen) atoms. The van der Waals surface area contributed by atoms with Crippen molar-refractivity contribution in [2.75, 3.05) is 0 Å². The van der Waals surface area contributed by atoms with Crippen molar-refractivity contribution in [1.29, 1.82) is 0 Å². The molecule has 0 bridgehead atoms. The van der Waals surface area contributed by atoms with Gasteiger partial charge in [0, 0.05) is 6.54 Å². The second-order valence-electron chi connectivity index (χ2n) is 3.90. The first-order valence-electron chi connectivity index (χ1n) is 5.21. The van der Waals surface area contributed by atoms with E-state index in [-0.39, 0.29) is 5.25 Å². The van der Waals surface area contributed by atoms with E-state index in [9.17, 15) is 8.42 Å². The van der Waals surface area contributed by atoms with E-state index in [1.165, 1.54) is 0 Å². The zero-order valence-corrected chi connectivity index (χ0v) is 9.33. The van der Waals surface area contributed by atoms with E-state index in [4.69, 9.17) is 0 Å². The van der Waals surface area contributed by atoms with Gasteiger partial charge in [-0.1, -0.05) is 36.8 Å². The van der Waals surface area contributed by atoms with Gasteiger partial charge in [-0.05, 0) is 18.4 Å². The first kappa shape index (κ1) is 10.6. The summed E-state index contributed by atoms with van der Waals surface area (Å²) >= 11 is 0. The van der Waals surface area contributed by atoms with Crippen LogP contribution < -0.4 is 4.72 Å². The number of rotatable bonds is 4. The summed E-state index contributed by atoms with van der Waals surface area (Å²) in [5.74, 6) is 0. The molecule has 0 atom stereocenters. The van der Waals surface area contributed by atoms with Gasteiger partial charge >= 0.3 is 0 Å². The van der Waals surface area contributed by atoms with Crippen molar-refractivity contribution in [2.45, 2.75) is 31.1 Å². The predicted molar refractivity (Wildman–Crippen MR) is 59.8 cm³/mol. The third-order valence-corrected chi connectivity index (χ3v) is 4.71. The lowest BCUT2D eigenvalue weighted by Gasteiger charge is -2.25. The zero-order chi connectivity index (χ0) is 10.7. The van der Waals surface area contributed by atoms with Crippen molar-refractivity contribution < 1.29 is 8.42 Å². The molecule has 0 spiro atoms. The summed E-state index contributed by atoms with van der Waals surface area (Å²) in [6, 6.07) is 9.58. The molecule has 0 amide bonds. The fourth-order valence-electron chi connectivity index (χ4n) is 1.58. The minimum atomic E-state index is -3.07. The van der Waals surface area contributed by atoms with Crippen LogP contribution in [0.15, 0.2) is 30.3 Å². The van der Waals surface area contributed by atoms with Gasteiger partial charge in [-0.25, -0.2) is 13.1 Å². The minimum absolute atomic E-state index is 0.152. The predicted octanol–water partition coefficient (Wildman–Crippen LogP) is 1.66. The van der Waals surface area contributed by atoms with E-state index in [0.717, 1.165) is 24.8 Å². The van der Waals surface area contributed by atoms with Gasteiger partial charge in [-0.15, -0.1) is 0 Å². The fraction of sp³-hybridized carbons (Fsp3) is 0.455. The van der Waals surface area contributed by atoms with Crippen LogP contribution >= 0.6 is 0 Å². The van der Waals surface area contributed by atoms with E-state index >= 15 is 0 Å². The van der Waals surface area contributed by atoms with Crippen molar-refractivity contribution in [3.05, 3.63) is 35.9 Å². The molecule has 1 aromatic rings. The molecule has 1 aliphatic carbocycles. The molecule has 3 nitrogen and oxygen atoms in total. The number of sulfonamides is 1. The molecule has 1 aliphatic rings. The summed E-state index contributed by atoms with van der Waals surface area (Å²) in [6.45, 7) is 0.402. The van der Waals surface area contributed by atoms with Gasteiger partial charge in [0.05, 0.1) is 5.25 Å². The van der Waals surface area contributed by atoms with Gasteiger partial charge in [-0.2, -0.15) is 0 Å². The van der Waals surface area contributed by atoms with Crippen molar-refractivity contribution in [2.24, 2.45) is 0 Å². The lowest BCUT2D eigenvalue weighted by molar-refractivity contribution is 0.469. The lowest BCUT2D eigenvalue weighted by atomic mass is 10.0. The Balaban J connectivity index is 1.93. The number of hydrogen-bond acceptors (Lipinski definition) is 2. The van der Waals surface area contributed by atoms with Crippen molar-refractivity contribution in [3.63, 3.8) is 0 Å². The van der Waals surface area contributed by atoms with Crippen LogP contribution in [-0.2, 0) is 16.6 Å². The Bertz CT molecular complexity index is 409. The molecule has 82 valence electrons. The smallest absolute Gasteiger partial charge is 0.212 e. The SMILES string of the molecule is O=S(=O)(NCc1ccccc1)C1CCC1. The quantitative estimate of drug-likeness (QED) is 0.847. The Morgan fingerprint density at radius 1 is 1.20 bits per heavy atom. The third-order valence-electron chi connectivity index (χ3n) is 2.81. The van der Waals surface area contributed by atoms with E-state index in [2.05, 4.69) is 4.72 Å². The van der Waals surface area contributed by atoms with Gasteiger partial charge in [0.25, 0.3) is 0 Å². The van der Waals surface area contributed by atoms with Crippen LogP contribution in [-0.4, -0.2) is 13.7 Å². The molecule has 4 heteroatoms. The monoisotopic (exact) mass is 225 g/mol. The van der Waals surface area contributed by atoms with Crippen molar-refractivity contribution in [3.8, 4) is 0 Å². The number of benzene rings is 1. The van der Waals surface area contributed by atoms with Crippen LogP contribution in [0.3, 0.4) is 0 Å². The maximum Gasteiger partial charge on any atom is 0.214 e. The van der Waals surface area contributed by atoms with E-state index in [1.54, 1.807) is 0 Å². The van der Waals surface area contributed by atoms with E-state index < -0.39 is 10.0 Å². The Labute approximate surface area is 90.6 Å². The summed E-state index contributed by atoms with van der Waals surface area (Å²) in [7, 11) is -3.07. The van der Waals surface area contributed by atoms with Gasteiger partial charge in [0.2, 0.25) is 10.0 Å². The summed E-state index contributed by atoms with van der Waals surface area (Å²) in [4.78, 5) is 0. The lowest BCUT2D eigenvalue weighted by Crippen LogP contribution is -2.38. The average molecular weight is 225 g/mol. The van der Waals surface area contributed by atoms with Crippen molar-refractivity contribution in [1.82, 2.24) is 4.72 Å². The summed E-state index contributed by atoms with van der Waals surface area (Å²) in [6.07, 6.45) is 2.66. The molecule has 1 N–H and O–H groups in total. The number of nitrogens with one attached hydrogen (secondary N) is 1. The summed E-state index contributed by atoms with van der Waals surface area (Å²) < 4.78 is 26.0. The Morgan fingerprint density at radius 3 is 2.40 bits per heavy atom. The molecule has 0 aromatic heterocycles. The van der Waals surface area contributed by atoms with E-state index in [1.807, 2.05) is 30.3 Å². The molecule has 1 aromatic carbocycles. The zero-order valence-electron chi connectivity index (χ0n) is 8.52. The second-order valence-corrected chi connectivity index (χ2v) is 5.95. The fourth-order valence-corrected chi connectivity index (χ4v) is 3.14. The van der Waals surface area contributed by atoms with Gasteiger partial charge in [0.15, 0.2) is 0 Å². The molecular formula is C11H15NO2S. The van der Waals surface area contributed by atoms with Crippen LogP contribution in [0.1, 0.15) is 24.8 Å². The maximum atomic E-state index is 11.7. The topological polar surface area (TPSA) is 46.2 Å². The largest absolute Gasteiger partial charge is 0.214 e. The van der Waals surface area contributed by atoms with Crippen LogP contribution in [0, 0.1) is 0 Å². The molecule has 0 radical (unpaired) electrons. The average Bonchev–Trinajstić information content (AvgIpc) is 2.13. The molecular weight excluding hydrogens is 210 g/mol.